The fourth-order valence-corrected chi connectivity index (χ4v) is 1.94. The Hall–Kier alpha value is -2.97. The van der Waals surface area contributed by atoms with Gasteiger partial charge in [-0.1, -0.05) is 36.9 Å². The third-order valence-corrected chi connectivity index (χ3v) is 3.12. The van der Waals surface area contributed by atoms with Crippen LogP contribution in [-0.2, 0) is 0 Å². The van der Waals surface area contributed by atoms with Crippen molar-refractivity contribution in [2.45, 2.75) is 26.9 Å². The van der Waals surface area contributed by atoms with Gasteiger partial charge in [-0.3, -0.25) is 0 Å². The molecular formula is C20H19FN2O2. The Labute approximate surface area is 146 Å². The molecule has 3 aromatic rings. The van der Waals surface area contributed by atoms with Crippen molar-refractivity contribution in [3.8, 4) is 23.2 Å². The number of benzene rings is 2. The van der Waals surface area contributed by atoms with Crippen molar-refractivity contribution in [2.75, 3.05) is 0 Å². The highest BCUT2D eigenvalue weighted by Crippen LogP contribution is 2.18. The Morgan fingerprint density at radius 1 is 1.04 bits per heavy atom. The molecule has 2 aromatic carbocycles. The highest BCUT2D eigenvalue weighted by Gasteiger charge is 2.12. The molecule has 0 amide bonds. The van der Waals surface area contributed by atoms with Crippen molar-refractivity contribution in [1.82, 2.24) is 10.1 Å². The molecule has 1 atom stereocenters. The van der Waals surface area contributed by atoms with Gasteiger partial charge in [0.2, 0.25) is 5.82 Å². The maximum Gasteiger partial charge on any atom is 0.255 e. The molecule has 0 aliphatic heterocycles. The minimum Gasteiger partial charge on any atom is -0.384 e. The Balaban J connectivity index is 0.00000109. The predicted molar refractivity (Wildman–Crippen MR) is 94.1 cm³/mol. The summed E-state index contributed by atoms with van der Waals surface area (Å²) in [4.78, 5) is 4.11. The Bertz CT molecular complexity index is 874. The van der Waals surface area contributed by atoms with Crippen LogP contribution in [0.2, 0.25) is 0 Å². The standard InChI is InChI=1S/C18H13FN2O2.C2H6/c1-12(22)18-20-17(21-23-18)15-9-7-13(8-10-15)5-6-14-3-2-4-16(19)11-14;1-2/h2-4,7-12,22H,1H3;1-2H3. The first-order valence-electron chi connectivity index (χ1n) is 8.01. The second-order valence-corrected chi connectivity index (χ2v) is 4.97. The molecule has 1 heterocycles. The number of aromatic nitrogens is 2. The molecule has 0 aliphatic rings. The predicted octanol–water partition coefficient (Wildman–Crippen LogP) is 4.36. The molecule has 0 saturated carbocycles. The second kappa shape index (κ2) is 8.76. The number of aliphatic hydroxyl groups excluding tert-OH is 1. The molecule has 0 aliphatic carbocycles. The molecule has 0 radical (unpaired) electrons. The Morgan fingerprint density at radius 3 is 2.32 bits per heavy atom. The molecule has 3 rings (SSSR count). The molecule has 0 bridgehead atoms. The van der Waals surface area contributed by atoms with E-state index in [1.807, 2.05) is 38.1 Å². The van der Waals surface area contributed by atoms with Gasteiger partial charge >= 0.3 is 0 Å². The molecule has 1 N–H and O–H groups in total. The largest absolute Gasteiger partial charge is 0.384 e. The number of hydrogen-bond donors (Lipinski definition) is 1. The van der Waals surface area contributed by atoms with Crippen LogP contribution in [0.1, 0.15) is 43.9 Å². The van der Waals surface area contributed by atoms with Gasteiger partial charge in [0.1, 0.15) is 11.9 Å². The van der Waals surface area contributed by atoms with Crippen molar-refractivity contribution in [2.24, 2.45) is 0 Å². The van der Waals surface area contributed by atoms with Gasteiger partial charge in [0.25, 0.3) is 5.89 Å². The van der Waals surface area contributed by atoms with E-state index in [4.69, 9.17) is 4.52 Å². The molecule has 0 spiro atoms. The van der Waals surface area contributed by atoms with E-state index in [0.717, 1.165) is 11.1 Å². The summed E-state index contributed by atoms with van der Waals surface area (Å²) in [6.07, 6.45) is -0.798. The van der Waals surface area contributed by atoms with Crippen molar-refractivity contribution >= 4 is 0 Å². The number of rotatable bonds is 2. The molecule has 5 heteroatoms. The molecule has 1 aromatic heterocycles. The van der Waals surface area contributed by atoms with Gasteiger partial charge in [-0.2, -0.15) is 4.98 Å². The Kier molecular flexibility index (Phi) is 6.44. The third kappa shape index (κ3) is 5.00. The lowest BCUT2D eigenvalue weighted by Crippen LogP contribution is -1.90. The minimum atomic E-state index is -0.798. The molecule has 0 saturated heterocycles. The highest BCUT2D eigenvalue weighted by atomic mass is 19.1. The summed E-state index contributed by atoms with van der Waals surface area (Å²) in [7, 11) is 0. The number of halogens is 1. The van der Waals surface area contributed by atoms with Gasteiger partial charge in [-0.15, -0.1) is 0 Å². The quantitative estimate of drug-likeness (QED) is 0.706. The lowest BCUT2D eigenvalue weighted by atomic mass is 10.1. The summed E-state index contributed by atoms with van der Waals surface area (Å²) < 4.78 is 18.0. The zero-order chi connectivity index (χ0) is 18.2. The van der Waals surface area contributed by atoms with E-state index in [9.17, 15) is 9.50 Å². The van der Waals surface area contributed by atoms with Crippen LogP contribution in [0.25, 0.3) is 11.4 Å². The van der Waals surface area contributed by atoms with Gasteiger partial charge in [-0.05, 0) is 49.4 Å². The third-order valence-electron chi connectivity index (χ3n) is 3.12. The second-order valence-electron chi connectivity index (χ2n) is 4.97. The molecule has 0 fully saturated rings. The van der Waals surface area contributed by atoms with Crippen LogP contribution in [-0.4, -0.2) is 15.2 Å². The molecule has 1 unspecified atom stereocenters. The van der Waals surface area contributed by atoms with E-state index < -0.39 is 6.10 Å². The average molecular weight is 338 g/mol. The maximum atomic E-state index is 13.1. The minimum absolute atomic E-state index is 0.176. The van der Waals surface area contributed by atoms with Gasteiger partial charge in [0.05, 0.1) is 0 Å². The molecule has 4 nitrogen and oxygen atoms in total. The number of nitrogens with zero attached hydrogens (tertiary/aromatic N) is 2. The number of hydrogen-bond acceptors (Lipinski definition) is 4. The summed E-state index contributed by atoms with van der Waals surface area (Å²) in [5, 5.41) is 13.2. The normalized spacial score (nSPS) is 10.9. The van der Waals surface area contributed by atoms with E-state index in [1.165, 1.54) is 12.1 Å². The Morgan fingerprint density at radius 2 is 1.72 bits per heavy atom. The van der Waals surface area contributed by atoms with Gasteiger partial charge in [-0.25, -0.2) is 4.39 Å². The van der Waals surface area contributed by atoms with E-state index in [1.54, 1.807) is 19.1 Å². The summed E-state index contributed by atoms with van der Waals surface area (Å²) >= 11 is 0. The summed E-state index contributed by atoms with van der Waals surface area (Å²) in [5.74, 6) is 6.15. The average Bonchev–Trinajstić information content (AvgIpc) is 3.13. The monoisotopic (exact) mass is 338 g/mol. The van der Waals surface area contributed by atoms with E-state index in [2.05, 4.69) is 22.0 Å². The summed E-state index contributed by atoms with van der Waals surface area (Å²) in [6, 6.07) is 13.4. The van der Waals surface area contributed by atoms with Crippen molar-refractivity contribution in [1.29, 1.82) is 0 Å². The van der Waals surface area contributed by atoms with Gasteiger partial charge in [0, 0.05) is 16.7 Å². The topological polar surface area (TPSA) is 59.2 Å². The van der Waals surface area contributed by atoms with Gasteiger partial charge in [0.15, 0.2) is 0 Å². The lowest BCUT2D eigenvalue weighted by molar-refractivity contribution is 0.152. The molecule has 128 valence electrons. The first kappa shape index (κ1) is 18.4. The van der Waals surface area contributed by atoms with E-state index in [0.29, 0.717) is 11.4 Å². The fourth-order valence-electron chi connectivity index (χ4n) is 1.94. The fraction of sp³-hybridized carbons (Fsp3) is 0.200. The summed E-state index contributed by atoms with van der Waals surface area (Å²) in [6.45, 7) is 5.56. The van der Waals surface area contributed by atoms with Crippen LogP contribution >= 0.6 is 0 Å². The van der Waals surface area contributed by atoms with Crippen molar-refractivity contribution in [3.05, 3.63) is 71.4 Å². The first-order valence-corrected chi connectivity index (χ1v) is 8.01. The zero-order valence-electron chi connectivity index (χ0n) is 14.3. The van der Waals surface area contributed by atoms with Crippen LogP contribution in [0.3, 0.4) is 0 Å². The van der Waals surface area contributed by atoms with Crippen LogP contribution in [0.5, 0.6) is 0 Å². The highest BCUT2D eigenvalue weighted by molar-refractivity contribution is 5.56. The lowest BCUT2D eigenvalue weighted by Gasteiger charge is -1.95. The smallest absolute Gasteiger partial charge is 0.255 e. The van der Waals surface area contributed by atoms with Crippen LogP contribution in [0.4, 0.5) is 4.39 Å². The molecule has 25 heavy (non-hydrogen) atoms. The van der Waals surface area contributed by atoms with E-state index >= 15 is 0 Å². The zero-order valence-corrected chi connectivity index (χ0v) is 14.3. The summed E-state index contributed by atoms with van der Waals surface area (Å²) in [5.41, 5.74) is 2.17. The van der Waals surface area contributed by atoms with Crippen LogP contribution in [0.15, 0.2) is 53.1 Å². The van der Waals surface area contributed by atoms with Crippen LogP contribution < -0.4 is 0 Å². The maximum absolute atomic E-state index is 13.1. The first-order chi connectivity index (χ1) is 12.1. The van der Waals surface area contributed by atoms with Crippen molar-refractivity contribution < 1.29 is 14.0 Å². The molecular weight excluding hydrogens is 319 g/mol. The van der Waals surface area contributed by atoms with Crippen LogP contribution in [0, 0.1) is 17.7 Å². The van der Waals surface area contributed by atoms with Crippen molar-refractivity contribution in [3.63, 3.8) is 0 Å². The van der Waals surface area contributed by atoms with E-state index in [-0.39, 0.29) is 11.7 Å². The van der Waals surface area contributed by atoms with Gasteiger partial charge < -0.3 is 9.63 Å². The SMILES string of the molecule is CC.CC(O)c1nc(-c2ccc(C#Cc3cccc(F)c3)cc2)no1. The number of aliphatic hydroxyl groups is 1.